The SMILES string of the molecule is [NH3+][C@@H](CCOc1ccc([C@@H]([NH3+])C(=O)N[C@H]2CN([C@@H](C(=O)[O-])c3ccc(O)cc3)C2=O)cc1)C(=O)[O-]. The number of phenolic OH excluding ortho intramolecular Hbond substituents is 1. The topological polar surface area (TPSA) is 214 Å². The highest BCUT2D eigenvalue weighted by Crippen LogP contribution is 2.28. The van der Waals surface area contributed by atoms with Gasteiger partial charge in [0.25, 0.3) is 5.91 Å². The summed E-state index contributed by atoms with van der Waals surface area (Å²) in [4.78, 5) is 48.6. The molecule has 1 saturated heterocycles. The smallest absolute Gasteiger partial charge is 0.283 e. The quantitative estimate of drug-likeness (QED) is 0.227. The number of quaternary nitrogens is 2. The van der Waals surface area contributed by atoms with Gasteiger partial charge in [-0.25, -0.2) is 0 Å². The fourth-order valence-corrected chi connectivity index (χ4v) is 3.55. The molecule has 12 heteroatoms. The number of amides is 2. The van der Waals surface area contributed by atoms with Gasteiger partial charge in [0.05, 0.1) is 31.1 Å². The number of carbonyl (C=O) groups is 4. The lowest BCUT2D eigenvalue weighted by Crippen LogP contribution is -2.69. The standard InChI is InChI=1S/C23H26N4O8/c24-16(22(31)32)9-10-35-15-7-3-12(4-8-15)18(25)20(29)26-17-11-27(21(17)30)19(23(33)34)13-1-5-14(28)6-2-13/h1-8,16-19,28H,9-11,24-25H2,(H,26,29)(H,31,32)(H,33,34)/t16-,17-,18+,19+/m0/s1. The number of carboxylic acid groups (broad SMARTS) is 2. The van der Waals surface area contributed by atoms with E-state index in [1.54, 1.807) is 24.3 Å². The Kier molecular flexibility index (Phi) is 7.89. The predicted molar refractivity (Wildman–Crippen MR) is 113 cm³/mol. The number of ether oxygens (including phenoxy) is 1. The number of carbonyl (C=O) groups excluding carboxylic acids is 4. The fraction of sp³-hybridized carbons (Fsp3) is 0.304. The molecule has 2 amide bonds. The average molecular weight is 486 g/mol. The lowest BCUT2D eigenvalue weighted by Gasteiger charge is -2.44. The zero-order valence-electron chi connectivity index (χ0n) is 18.7. The first-order valence-electron chi connectivity index (χ1n) is 10.8. The normalized spacial score (nSPS) is 17.6. The first-order chi connectivity index (χ1) is 16.6. The molecule has 0 radical (unpaired) electrons. The maximum absolute atomic E-state index is 12.6. The van der Waals surface area contributed by atoms with Gasteiger partial charge in [0.2, 0.25) is 5.91 Å². The Morgan fingerprint density at radius 2 is 1.63 bits per heavy atom. The third-order valence-corrected chi connectivity index (χ3v) is 5.69. The second-order valence-corrected chi connectivity index (χ2v) is 8.14. The molecule has 2 aromatic rings. The van der Waals surface area contributed by atoms with Crippen molar-refractivity contribution in [1.82, 2.24) is 10.2 Å². The summed E-state index contributed by atoms with van der Waals surface area (Å²) in [5, 5.41) is 34.3. The molecule has 0 bridgehead atoms. The van der Waals surface area contributed by atoms with Crippen LogP contribution < -0.4 is 31.7 Å². The minimum atomic E-state index is -1.48. The molecular weight excluding hydrogens is 460 g/mol. The number of hydrogen-bond acceptors (Lipinski definition) is 8. The van der Waals surface area contributed by atoms with Gasteiger partial charge in [-0.3, -0.25) is 9.59 Å². The summed E-state index contributed by atoms with van der Waals surface area (Å²) >= 11 is 0. The summed E-state index contributed by atoms with van der Waals surface area (Å²) in [6, 6.07) is 7.89. The second-order valence-electron chi connectivity index (χ2n) is 8.14. The summed E-state index contributed by atoms with van der Waals surface area (Å²) in [5.41, 5.74) is 8.10. The number of hydrogen-bond donors (Lipinski definition) is 4. The maximum Gasteiger partial charge on any atom is 0.283 e. The monoisotopic (exact) mass is 486 g/mol. The van der Waals surface area contributed by atoms with Crippen molar-refractivity contribution in [2.24, 2.45) is 0 Å². The molecular formula is C23H26N4O8. The van der Waals surface area contributed by atoms with Crippen molar-refractivity contribution in [3.63, 3.8) is 0 Å². The summed E-state index contributed by atoms with van der Waals surface area (Å²) in [6.07, 6.45) is 0.183. The molecule has 0 unspecified atom stereocenters. The van der Waals surface area contributed by atoms with E-state index >= 15 is 0 Å². The number of nitrogens with zero attached hydrogens (tertiary/aromatic N) is 1. The number of rotatable bonds is 11. The van der Waals surface area contributed by atoms with Crippen LogP contribution in [0.25, 0.3) is 0 Å². The van der Waals surface area contributed by atoms with Crippen molar-refractivity contribution in [2.75, 3.05) is 13.2 Å². The first kappa shape index (κ1) is 25.5. The zero-order chi connectivity index (χ0) is 25.7. The van der Waals surface area contributed by atoms with Crippen LogP contribution in [0.15, 0.2) is 48.5 Å². The molecule has 1 heterocycles. The number of aliphatic carboxylic acids is 2. The lowest BCUT2D eigenvalue weighted by molar-refractivity contribution is -0.438. The van der Waals surface area contributed by atoms with Crippen LogP contribution in [-0.2, 0) is 19.2 Å². The van der Waals surface area contributed by atoms with Crippen LogP contribution in [0.3, 0.4) is 0 Å². The number of carboxylic acids is 2. The van der Waals surface area contributed by atoms with Gasteiger partial charge in [0.1, 0.15) is 23.6 Å². The van der Waals surface area contributed by atoms with Crippen LogP contribution >= 0.6 is 0 Å². The molecule has 12 nitrogen and oxygen atoms in total. The molecule has 0 aliphatic carbocycles. The lowest BCUT2D eigenvalue weighted by atomic mass is 9.97. The minimum Gasteiger partial charge on any atom is -0.548 e. The summed E-state index contributed by atoms with van der Waals surface area (Å²) < 4.78 is 5.45. The van der Waals surface area contributed by atoms with Crippen molar-refractivity contribution >= 4 is 23.8 Å². The van der Waals surface area contributed by atoms with E-state index in [4.69, 9.17) is 4.74 Å². The number of phenols is 1. The van der Waals surface area contributed by atoms with Gasteiger partial charge in [0.15, 0.2) is 6.04 Å². The molecule has 4 atom stereocenters. The van der Waals surface area contributed by atoms with Gasteiger partial charge in [-0.1, -0.05) is 12.1 Å². The number of aromatic hydroxyl groups is 1. The van der Waals surface area contributed by atoms with Crippen molar-refractivity contribution < 1.29 is 50.7 Å². The number of likely N-dealkylation sites (tertiary alicyclic amines) is 1. The summed E-state index contributed by atoms with van der Waals surface area (Å²) in [5.74, 6) is -3.39. The van der Waals surface area contributed by atoms with Gasteiger partial charge < -0.3 is 51.3 Å². The molecule has 3 rings (SSSR count). The number of β-lactam (4-membered cyclic amide) rings is 1. The van der Waals surface area contributed by atoms with E-state index in [1.807, 2.05) is 0 Å². The molecule has 8 N–H and O–H groups in total. The van der Waals surface area contributed by atoms with Gasteiger partial charge in [-0.2, -0.15) is 0 Å². The highest BCUT2D eigenvalue weighted by atomic mass is 16.5. The molecule has 2 aromatic carbocycles. The molecule has 1 aliphatic rings. The van der Waals surface area contributed by atoms with Crippen LogP contribution in [0.2, 0.25) is 0 Å². The minimum absolute atomic E-state index is 0.0251. The summed E-state index contributed by atoms with van der Waals surface area (Å²) in [7, 11) is 0. The van der Waals surface area contributed by atoms with Crippen molar-refractivity contribution in [2.45, 2.75) is 30.6 Å². The maximum atomic E-state index is 12.6. The van der Waals surface area contributed by atoms with Gasteiger partial charge in [-0.05, 0) is 42.0 Å². The number of nitrogens with one attached hydrogen (secondary N) is 1. The van der Waals surface area contributed by atoms with E-state index < -0.39 is 47.9 Å². The highest BCUT2D eigenvalue weighted by molar-refractivity contribution is 5.96. The Bertz CT molecular complexity index is 1090. The van der Waals surface area contributed by atoms with Crippen LogP contribution in [0.1, 0.15) is 29.6 Å². The molecule has 1 aliphatic heterocycles. The van der Waals surface area contributed by atoms with Gasteiger partial charge >= 0.3 is 0 Å². The largest absolute Gasteiger partial charge is 0.548 e. The van der Waals surface area contributed by atoms with Gasteiger partial charge in [-0.15, -0.1) is 0 Å². The third-order valence-electron chi connectivity index (χ3n) is 5.69. The predicted octanol–water partition coefficient (Wildman–Crippen LogP) is -4.38. The average Bonchev–Trinajstić information content (AvgIpc) is 2.83. The Balaban J connectivity index is 1.53. The summed E-state index contributed by atoms with van der Waals surface area (Å²) in [6.45, 7) is 0.107. The van der Waals surface area contributed by atoms with E-state index in [9.17, 15) is 34.5 Å². The zero-order valence-corrected chi connectivity index (χ0v) is 18.7. The Hall–Kier alpha value is -4.16. The van der Waals surface area contributed by atoms with E-state index in [-0.39, 0.29) is 30.9 Å². The highest BCUT2D eigenvalue weighted by Gasteiger charge is 2.43. The van der Waals surface area contributed by atoms with Crippen LogP contribution in [0.4, 0.5) is 0 Å². The van der Waals surface area contributed by atoms with Crippen LogP contribution in [-0.4, -0.2) is 59.0 Å². The Morgan fingerprint density at radius 3 is 2.17 bits per heavy atom. The molecule has 0 aromatic heterocycles. The number of benzene rings is 2. The van der Waals surface area contributed by atoms with Gasteiger partial charge in [0, 0.05) is 12.0 Å². The van der Waals surface area contributed by atoms with Crippen molar-refractivity contribution in [3.8, 4) is 11.5 Å². The first-order valence-corrected chi connectivity index (χ1v) is 10.8. The molecule has 1 fully saturated rings. The van der Waals surface area contributed by atoms with Crippen LogP contribution in [0, 0.1) is 0 Å². The van der Waals surface area contributed by atoms with E-state index in [0.29, 0.717) is 11.3 Å². The Morgan fingerprint density at radius 1 is 1.03 bits per heavy atom. The molecule has 0 saturated carbocycles. The Labute approximate surface area is 200 Å². The molecule has 35 heavy (non-hydrogen) atoms. The molecule has 0 spiro atoms. The van der Waals surface area contributed by atoms with Crippen LogP contribution in [0.5, 0.6) is 11.5 Å². The molecule has 186 valence electrons. The van der Waals surface area contributed by atoms with E-state index in [1.165, 1.54) is 24.3 Å². The second kappa shape index (κ2) is 10.8. The van der Waals surface area contributed by atoms with Crippen molar-refractivity contribution in [3.05, 3.63) is 59.7 Å². The van der Waals surface area contributed by atoms with E-state index in [0.717, 1.165) is 4.90 Å². The fourth-order valence-electron chi connectivity index (χ4n) is 3.55. The third kappa shape index (κ3) is 6.05. The van der Waals surface area contributed by atoms with Crippen molar-refractivity contribution in [1.29, 1.82) is 0 Å². The van der Waals surface area contributed by atoms with E-state index in [2.05, 4.69) is 16.8 Å².